The summed E-state index contributed by atoms with van der Waals surface area (Å²) in [5.41, 5.74) is 9.09. The Hall–Kier alpha value is -8.02. The first-order valence-corrected chi connectivity index (χ1v) is 19.8. The van der Waals surface area contributed by atoms with Crippen LogP contribution in [0.2, 0.25) is 0 Å². The van der Waals surface area contributed by atoms with Crippen LogP contribution in [0.1, 0.15) is 0 Å². The average molecular weight is 753 g/mol. The number of benzene rings is 9. The molecule has 0 aliphatic heterocycles. The summed E-state index contributed by atoms with van der Waals surface area (Å²) in [6.07, 6.45) is 0. The number of para-hydroxylation sites is 2. The fraction of sp³-hybridized carbons (Fsp3) is 0. The van der Waals surface area contributed by atoms with Gasteiger partial charge in [-0.05, 0) is 67.7 Å². The van der Waals surface area contributed by atoms with Crippen molar-refractivity contribution in [1.29, 1.82) is 0 Å². The summed E-state index contributed by atoms with van der Waals surface area (Å²) in [5, 5.41) is 10.2. The molecule has 0 aliphatic carbocycles. The van der Waals surface area contributed by atoms with Gasteiger partial charge < -0.3 is 4.42 Å². The van der Waals surface area contributed by atoms with Crippen LogP contribution in [-0.4, -0.2) is 19.9 Å². The molecule has 0 unspecified atom stereocenters. The fourth-order valence-corrected chi connectivity index (χ4v) is 8.71. The topological polar surface area (TPSA) is 64.7 Å². The molecule has 0 amide bonds. The van der Waals surface area contributed by atoms with E-state index in [0.29, 0.717) is 17.5 Å². The van der Waals surface area contributed by atoms with E-state index in [4.69, 9.17) is 24.4 Å². The average Bonchev–Trinajstić information content (AvgIpc) is 3.72. The summed E-state index contributed by atoms with van der Waals surface area (Å²) in [6.45, 7) is 0. The predicted octanol–water partition coefficient (Wildman–Crippen LogP) is 14.1. The largest absolute Gasteiger partial charge is 0.455 e. The van der Waals surface area contributed by atoms with Crippen molar-refractivity contribution in [1.82, 2.24) is 19.9 Å². The van der Waals surface area contributed by atoms with Gasteiger partial charge in [-0.25, -0.2) is 19.9 Å². The van der Waals surface area contributed by atoms with E-state index < -0.39 is 0 Å². The molecule has 0 radical (unpaired) electrons. The Morgan fingerprint density at radius 2 is 0.780 bits per heavy atom. The number of aromatic nitrogens is 4. The monoisotopic (exact) mass is 752 g/mol. The van der Waals surface area contributed by atoms with Crippen molar-refractivity contribution in [2.24, 2.45) is 0 Å². The zero-order valence-electron chi connectivity index (χ0n) is 31.7. The summed E-state index contributed by atoms with van der Waals surface area (Å²) >= 11 is 0. The molecule has 3 heterocycles. The molecule has 0 saturated heterocycles. The SMILES string of the molecule is c1ccc(-c2ccc(-c3nc(-c4ccccc4)nc(-c4cccc5c4nc(-c4ccc6c7ccccc7c7ccccc7c6c4)c4c6ccccc6oc54)n3)cc2)cc1. The van der Waals surface area contributed by atoms with Crippen molar-refractivity contribution in [3.8, 4) is 56.5 Å². The van der Waals surface area contributed by atoms with Crippen LogP contribution in [0.4, 0.5) is 0 Å². The lowest BCUT2D eigenvalue weighted by Crippen LogP contribution is -2.01. The minimum atomic E-state index is 0.538. The second kappa shape index (κ2) is 13.3. The Morgan fingerprint density at radius 1 is 0.305 bits per heavy atom. The lowest BCUT2D eigenvalue weighted by molar-refractivity contribution is 0.672. The highest BCUT2D eigenvalue weighted by molar-refractivity contribution is 6.26. The molecule has 0 fully saturated rings. The highest BCUT2D eigenvalue weighted by atomic mass is 16.3. The highest BCUT2D eigenvalue weighted by Crippen LogP contribution is 2.43. The van der Waals surface area contributed by atoms with Crippen molar-refractivity contribution in [3.63, 3.8) is 0 Å². The molecule has 5 nitrogen and oxygen atoms in total. The number of hydrogen-bond donors (Lipinski definition) is 0. The fourth-order valence-electron chi connectivity index (χ4n) is 8.71. The highest BCUT2D eigenvalue weighted by Gasteiger charge is 2.22. The molecule has 3 aromatic heterocycles. The van der Waals surface area contributed by atoms with Crippen LogP contribution in [0.25, 0.3) is 122 Å². The molecular formula is C54H32N4O. The molecule has 59 heavy (non-hydrogen) atoms. The lowest BCUT2D eigenvalue weighted by Gasteiger charge is -2.14. The smallest absolute Gasteiger partial charge is 0.166 e. The minimum Gasteiger partial charge on any atom is -0.455 e. The summed E-state index contributed by atoms with van der Waals surface area (Å²) in [7, 11) is 0. The number of pyridine rings is 1. The van der Waals surface area contributed by atoms with Gasteiger partial charge in [0.15, 0.2) is 17.5 Å². The molecular weight excluding hydrogens is 721 g/mol. The van der Waals surface area contributed by atoms with Crippen molar-refractivity contribution >= 4 is 65.2 Å². The third kappa shape index (κ3) is 5.40. The molecule has 274 valence electrons. The van der Waals surface area contributed by atoms with E-state index in [1.165, 1.54) is 32.3 Å². The van der Waals surface area contributed by atoms with Gasteiger partial charge in [0.05, 0.1) is 16.6 Å². The third-order valence-electron chi connectivity index (χ3n) is 11.5. The Kier molecular flexibility index (Phi) is 7.47. The predicted molar refractivity (Wildman–Crippen MR) is 242 cm³/mol. The molecule has 12 aromatic rings. The van der Waals surface area contributed by atoms with Crippen LogP contribution in [-0.2, 0) is 0 Å². The van der Waals surface area contributed by atoms with E-state index >= 15 is 0 Å². The number of rotatable bonds is 5. The first-order chi connectivity index (χ1) is 29.2. The lowest BCUT2D eigenvalue weighted by atomic mass is 9.92. The quantitative estimate of drug-likeness (QED) is 0.164. The van der Waals surface area contributed by atoms with Gasteiger partial charge in [-0.15, -0.1) is 0 Å². The molecule has 0 aliphatic rings. The number of furan rings is 1. The van der Waals surface area contributed by atoms with Crippen LogP contribution in [0.15, 0.2) is 199 Å². The zero-order valence-corrected chi connectivity index (χ0v) is 31.7. The number of hydrogen-bond acceptors (Lipinski definition) is 5. The molecule has 9 aromatic carbocycles. The van der Waals surface area contributed by atoms with Gasteiger partial charge >= 0.3 is 0 Å². The first kappa shape index (κ1) is 33.2. The zero-order chi connectivity index (χ0) is 38.9. The van der Waals surface area contributed by atoms with Crippen LogP contribution in [0, 0.1) is 0 Å². The molecule has 0 saturated carbocycles. The van der Waals surface area contributed by atoms with Crippen molar-refractivity contribution in [3.05, 3.63) is 194 Å². The van der Waals surface area contributed by atoms with Gasteiger partial charge in [-0.3, -0.25) is 0 Å². The second-order valence-electron chi connectivity index (χ2n) is 14.9. The Labute approximate surface area is 338 Å². The Morgan fingerprint density at radius 3 is 1.46 bits per heavy atom. The standard InChI is InChI=1S/C54H32N4O/c1-3-14-33(15-4-1)34-26-28-36(29-27-34)53-56-52(35-16-5-2-6-17-35)57-54(58-53)45-24-13-23-44-50(45)55-49(48-43-22-11-12-25-47(43)59-51(44)48)37-30-31-42-40-20-8-7-18-38(40)39-19-9-10-21-41(39)46(42)32-37/h1-32H. The molecule has 0 spiro atoms. The number of nitrogens with zero attached hydrogens (tertiary/aromatic N) is 4. The van der Waals surface area contributed by atoms with E-state index in [2.05, 4.69) is 140 Å². The molecule has 5 heteroatoms. The van der Waals surface area contributed by atoms with E-state index in [0.717, 1.165) is 71.9 Å². The van der Waals surface area contributed by atoms with Gasteiger partial charge in [-0.1, -0.05) is 170 Å². The van der Waals surface area contributed by atoms with Crippen LogP contribution < -0.4 is 0 Å². The maximum absolute atomic E-state index is 6.77. The maximum Gasteiger partial charge on any atom is 0.166 e. The van der Waals surface area contributed by atoms with Crippen LogP contribution in [0.3, 0.4) is 0 Å². The second-order valence-corrected chi connectivity index (χ2v) is 14.9. The van der Waals surface area contributed by atoms with Gasteiger partial charge in [0.1, 0.15) is 11.2 Å². The third-order valence-corrected chi connectivity index (χ3v) is 11.5. The normalized spacial score (nSPS) is 11.7. The van der Waals surface area contributed by atoms with Crippen molar-refractivity contribution < 1.29 is 4.42 Å². The maximum atomic E-state index is 6.77. The van der Waals surface area contributed by atoms with Crippen molar-refractivity contribution in [2.75, 3.05) is 0 Å². The molecule has 0 atom stereocenters. The summed E-state index contributed by atoms with van der Waals surface area (Å²) in [6, 6.07) is 67.4. The van der Waals surface area contributed by atoms with E-state index in [1.807, 2.05) is 54.6 Å². The molecule has 12 rings (SSSR count). The Bertz CT molecular complexity index is 3560. The van der Waals surface area contributed by atoms with Crippen molar-refractivity contribution in [2.45, 2.75) is 0 Å². The first-order valence-electron chi connectivity index (χ1n) is 19.8. The molecule has 0 bridgehead atoms. The van der Waals surface area contributed by atoms with Crippen LogP contribution >= 0.6 is 0 Å². The van der Waals surface area contributed by atoms with Crippen LogP contribution in [0.5, 0.6) is 0 Å². The summed E-state index contributed by atoms with van der Waals surface area (Å²) < 4.78 is 6.77. The van der Waals surface area contributed by atoms with Gasteiger partial charge in [-0.2, -0.15) is 0 Å². The molecule has 0 N–H and O–H groups in total. The van der Waals surface area contributed by atoms with E-state index in [9.17, 15) is 0 Å². The summed E-state index contributed by atoms with van der Waals surface area (Å²) in [5.74, 6) is 1.72. The Balaban J connectivity index is 1.12. The number of fused-ring (bicyclic) bond motifs is 11. The van der Waals surface area contributed by atoms with Gasteiger partial charge in [0.2, 0.25) is 0 Å². The minimum absolute atomic E-state index is 0.538. The van der Waals surface area contributed by atoms with Gasteiger partial charge in [0.25, 0.3) is 0 Å². The van der Waals surface area contributed by atoms with Gasteiger partial charge in [0, 0.05) is 33.0 Å². The van der Waals surface area contributed by atoms with E-state index in [1.54, 1.807) is 0 Å². The summed E-state index contributed by atoms with van der Waals surface area (Å²) in [4.78, 5) is 21.0. The van der Waals surface area contributed by atoms with E-state index in [-0.39, 0.29) is 0 Å².